The van der Waals surface area contributed by atoms with Crippen LogP contribution in [0.2, 0.25) is 0 Å². The van der Waals surface area contributed by atoms with Gasteiger partial charge in [0.15, 0.2) is 0 Å². The molecule has 0 unspecified atom stereocenters. The Morgan fingerprint density at radius 1 is 1.00 bits per heavy atom. The minimum atomic E-state index is -0.138. The zero-order valence-electron chi connectivity index (χ0n) is 20.6. The van der Waals surface area contributed by atoms with Gasteiger partial charge in [0.1, 0.15) is 5.75 Å². The SMILES string of the molecule is O=C1CN(Cc2ccccc2)Cc2ccc(C(=O)NCCc3ccccn3)cc2OCCCCCN1. The lowest BCUT2D eigenvalue weighted by atomic mass is 10.1. The van der Waals surface area contributed by atoms with Gasteiger partial charge in [0.05, 0.1) is 13.2 Å². The fraction of sp³-hybridized carbons (Fsp3) is 0.345. The van der Waals surface area contributed by atoms with Gasteiger partial charge in [0.25, 0.3) is 5.91 Å². The monoisotopic (exact) mass is 486 g/mol. The van der Waals surface area contributed by atoms with Gasteiger partial charge in [-0.05, 0) is 49.1 Å². The van der Waals surface area contributed by atoms with E-state index in [4.69, 9.17) is 4.74 Å². The maximum absolute atomic E-state index is 12.8. The standard InChI is InChI=1S/C29H34N4O3/c34-28-22-33(20-23-9-3-1-4-10-23)21-25-13-12-24(19-27(25)36-18-8-2-6-16-31-28)29(35)32-17-14-26-11-5-7-15-30-26/h1,3-5,7,9-13,15,19H,2,6,8,14,16-18,20-22H2,(H,31,34)(H,32,35). The molecular weight excluding hydrogens is 452 g/mol. The summed E-state index contributed by atoms with van der Waals surface area (Å²) in [6.07, 6.45) is 5.20. The van der Waals surface area contributed by atoms with Crippen LogP contribution in [-0.2, 0) is 24.3 Å². The van der Waals surface area contributed by atoms with Gasteiger partial charge < -0.3 is 15.4 Å². The lowest BCUT2D eigenvalue weighted by molar-refractivity contribution is -0.122. The zero-order chi connectivity index (χ0) is 25.0. The van der Waals surface area contributed by atoms with E-state index in [0.717, 1.165) is 36.1 Å². The Bertz CT molecular complexity index is 1120. The van der Waals surface area contributed by atoms with Crippen LogP contribution < -0.4 is 15.4 Å². The van der Waals surface area contributed by atoms with Crippen molar-refractivity contribution in [2.45, 2.75) is 38.8 Å². The van der Waals surface area contributed by atoms with E-state index in [1.54, 1.807) is 6.20 Å². The second-order valence-electron chi connectivity index (χ2n) is 9.04. The van der Waals surface area contributed by atoms with Crippen LogP contribution in [0.5, 0.6) is 5.75 Å². The number of rotatable bonds is 6. The number of hydrogen-bond acceptors (Lipinski definition) is 5. The summed E-state index contributed by atoms with van der Waals surface area (Å²) in [5.74, 6) is 0.586. The predicted molar refractivity (Wildman–Crippen MR) is 140 cm³/mol. The van der Waals surface area contributed by atoms with Crippen LogP contribution in [-0.4, -0.2) is 47.9 Å². The van der Waals surface area contributed by atoms with E-state index in [2.05, 4.69) is 32.7 Å². The molecule has 1 aliphatic heterocycles. The lowest BCUT2D eigenvalue weighted by Gasteiger charge is -2.23. The van der Waals surface area contributed by atoms with Crippen LogP contribution in [0.25, 0.3) is 0 Å². The summed E-state index contributed by atoms with van der Waals surface area (Å²) < 4.78 is 6.17. The summed E-state index contributed by atoms with van der Waals surface area (Å²) in [5.41, 5.74) is 3.60. The second kappa shape index (κ2) is 13.4. The number of pyridine rings is 1. The Hall–Kier alpha value is -3.71. The highest BCUT2D eigenvalue weighted by molar-refractivity contribution is 5.94. The average molecular weight is 487 g/mol. The van der Waals surface area contributed by atoms with Crippen molar-refractivity contribution in [3.63, 3.8) is 0 Å². The highest BCUT2D eigenvalue weighted by atomic mass is 16.5. The maximum atomic E-state index is 12.8. The molecule has 3 aromatic rings. The first-order valence-corrected chi connectivity index (χ1v) is 12.6. The Morgan fingerprint density at radius 3 is 2.69 bits per heavy atom. The van der Waals surface area contributed by atoms with Gasteiger partial charge in [-0.3, -0.25) is 19.5 Å². The molecule has 0 aliphatic carbocycles. The molecule has 1 aliphatic rings. The molecule has 0 atom stereocenters. The first-order chi connectivity index (χ1) is 17.7. The van der Waals surface area contributed by atoms with E-state index in [1.807, 2.05) is 54.6 Å². The molecular formula is C29H34N4O3. The molecule has 0 spiro atoms. The molecule has 2 amide bonds. The molecule has 0 saturated carbocycles. The second-order valence-corrected chi connectivity index (χ2v) is 9.04. The van der Waals surface area contributed by atoms with E-state index in [9.17, 15) is 9.59 Å². The molecule has 36 heavy (non-hydrogen) atoms. The minimum absolute atomic E-state index is 0.0246. The van der Waals surface area contributed by atoms with Gasteiger partial charge in [-0.1, -0.05) is 42.5 Å². The average Bonchev–Trinajstić information content (AvgIpc) is 2.91. The van der Waals surface area contributed by atoms with Crippen LogP contribution in [0.3, 0.4) is 0 Å². The van der Waals surface area contributed by atoms with Crippen molar-refractivity contribution in [3.05, 3.63) is 95.3 Å². The molecule has 7 nitrogen and oxygen atoms in total. The Balaban J connectivity index is 1.49. The fourth-order valence-electron chi connectivity index (χ4n) is 4.24. The van der Waals surface area contributed by atoms with E-state index in [-0.39, 0.29) is 11.8 Å². The third-order valence-corrected chi connectivity index (χ3v) is 6.13. The number of benzene rings is 2. The molecule has 1 aromatic heterocycles. The highest BCUT2D eigenvalue weighted by Crippen LogP contribution is 2.24. The Kier molecular flexibility index (Phi) is 9.45. The number of fused-ring (bicyclic) bond motifs is 1. The van der Waals surface area contributed by atoms with Crippen molar-refractivity contribution in [3.8, 4) is 5.75 Å². The molecule has 2 N–H and O–H groups in total. The first-order valence-electron chi connectivity index (χ1n) is 12.6. The number of nitrogens with zero attached hydrogens (tertiary/aromatic N) is 2. The number of carbonyl (C=O) groups is 2. The molecule has 0 saturated heterocycles. The minimum Gasteiger partial charge on any atom is -0.493 e. The van der Waals surface area contributed by atoms with Crippen molar-refractivity contribution in [2.75, 3.05) is 26.2 Å². The number of aromatic nitrogens is 1. The van der Waals surface area contributed by atoms with Crippen LogP contribution in [0.15, 0.2) is 72.9 Å². The molecule has 0 bridgehead atoms. The molecule has 7 heteroatoms. The summed E-state index contributed by atoms with van der Waals surface area (Å²) in [6.45, 7) is 3.23. The van der Waals surface area contributed by atoms with Crippen LogP contribution >= 0.6 is 0 Å². The number of hydrogen-bond donors (Lipinski definition) is 2. The van der Waals surface area contributed by atoms with Crippen molar-refractivity contribution in [2.24, 2.45) is 0 Å². The van der Waals surface area contributed by atoms with Crippen molar-refractivity contribution >= 4 is 11.8 Å². The number of nitrogens with one attached hydrogen (secondary N) is 2. The number of ether oxygens (including phenoxy) is 1. The van der Waals surface area contributed by atoms with E-state index < -0.39 is 0 Å². The summed E-state index contributed by atoms with van der Waals surface area (Å²) in [4.78, 5) is 31.9. The third-order valence-electron chi connectivity index (χ3n) is 6.13. The molecule has 4 rings (SSSR count). The largest absolute Gasteiger partial charge is 0.493 e. The van der Waals surface area contributed by atoms with Crippen molar-refractivity contribution in [1.29, 1.82) is 0 Å². The first kappa shape index (κ1) is 25.4. The quantitative estimate of drug-likeness (QED) is 0.555. The van der Waals surface area contributed by atoms with Crippen LogP contribution in [0, 0.1) is 0 Å². The summed E-state index contributed by atoms with van der Waals surface area (Å²) in [5, 5.41) is 6.02. The topological polar surface area (TPSA) is 83.6 Å². The van der Waals surface area contributed by atoms with Gasteiger partial charge in [-0.15, -0.1) is 0 Å². The normalized spacial score (nSPS) is 15.3. The van der Waals surface area contributed by atoms with E-state index >= 15 is 0 Å². The Labute approximate surface area is 212 Å². The smallest absolute Gasteiger partial charge is 0.251 e. The molecule has 0 radical (unpaired) electrons. The van der Waals surface area contributed by atoms with E-state index in [1.165, 1.54) is 0 Å². The Morgan fingerprint density at radius 2 is 1.86 bits per heavy atom. The van der Waals surface area contributed by atoms with E-state index in [0.29, 0.717) is 57.1 Å². The summed E-state index contributed by atoms with van der Waals surface area (Å²) in [7, 11) is 0. The van der Waals surface area contributed by atoms with Gasteiger partial charge >= 0.3 is 0 Å². The van der Waals surface area contributed by atoms with Gasteiger partial charge in [0, 0.05) is 55.6 Å². The lowest BCUT2D eigenvalue weighted by Crippen LogP contribution is -2.37. The molecule has 2 aromatic carbocycles. The van der Waals surface area contributed by atoms with Gasteiger partial charge in [-0.2, -0.15) is 0 Å². The highest BCUT2D eigenvalue weighted by Gasteiger charge is 2.17. The van der Waals surface area contributed by atoms with Crippen molar-refractivity contribution in [1.82, 2.24) is 20.5 Å². The zero-order valence-corrected chi connectivity index (χ0v) is 20.6. The van der Waals surface area contributed by atoms with Crippen molar-refractivity contribution < 1.29 is 14.3 Å². The summed E-state index contributed by atoms with van der Waals surface area (Å²) >= 11 is 0. The fourth-order valence-corrected chi connectivity index (χ4v) is 4.24. The maximum Gasteiger partial charge on any atom is 0.251 e. The van der Waals surface area contributed by atoms with Crippen LogP contribution in [0.1, 0.15) is 46.4 Å². The van der Waals surface area contributed by atoms with Gasteiger partial charge in [0.2, 0.25) is 5.91 Å². The molecule has 2 heterocycles. The number of carbonyl (C=O) groups excluding carboxylic acids is 2. The molecule has 188 valence electrons. The summed E-state index contributed by atoms with van der Waals surface area (Å²) in [6, 6.07) is 21.5. The molecule has 0 fully saturated rings. The van der Waals surface area contributed by atoms with Crippen LogP contribution in [0.4, 0.5) is 0 Å². The third kappa shape index (κ3) is 7.92. The predicted octanol–water partition coefficient (Wildman–Crippen LogP) is 3.74. The van der Waals surface area contributed by atoms with Gasteiger partial charge in [-0.25, -0.2) is 0 Å². The number of amides is 2.